The number of nitrogens with zero attached hydrogens (tertiary/aromatic N) is 3. The number of hydrogen-bond acceptors (Lipinski definition) is 8. The predicted octanol–water partition coefficient (Wildman–Crippen LogP) is 3.23. The number of aliphatic hydroxyl groups excluding tert-OH is 1. The van der Waals surface area contributed by atoms with Gasteiger partial charge < -0.3 is 19.7 Å². The van der Waals surface area contributed by atoms with Crippen LogP contribution in [0.1, 0.15) is 17.3 Å². The third-order valence-corrected chi connectivity index (χ3v) is 3.66. The fourth-order valence-electron chi connectivity index (χ4n) is 2.47. The first-order chi connectivity index (χ1) is 13.2. The van der Waals surface area contributed by atoms with E-state index in [0.29, 0.717) is 5.39 Å². The largest absolute Gasteiger partial charge is 0.506 e. The van der Waals surface area contributed by atoms with Crippen molar-refractivity contribution in [2.45, 2.75) is 6.92 Å². The van der Waals surface area contributed by atoms with Gasteiger partial charge in [0.2, 0.25) is 11.7 Å². The summed E-state index contributed by atoms with van der Waals surface area (Å²) in [7, 11) is 0. The maximum absolute atomic E-state index is 12.2. The number of aromatic nitrogens is 2. The van der Waals surface area contributed by atoms with Crippen LogP contribution in [-0.2, 0) is 4.74 Å². The molecule has 3 aromatic rings. The first-order valence-corrected chi connectivity index (χ1v) is 8.27. The highest BCUT2D eigenvalue weighted by atomic mass is 16.5. The summed E-state index contributed by atoms with van der Waals surface area (Å²) in [5, 5.41) is 35.2. The van der Waals surface area contributed by atoms with Crippen LogP contribution < -0.4 is 4.74 Å². The number of esters is 1. The maximum atomic E-state index is 12.2. The number of fused-ring (bicyclic) bond motifs is 1. The molecule has 9 nitrogen and oxygen atoms in total. The molecule has 3 rings (SSSR count). The second-order valence-corrected chi connectivity index (χ2v) is 5.40. The molecule has 0 saturated carbocycles. The number of carbonyl (C=O) groups excluding carboxylic acids is 1. The lowest BCUT2D eigenvalue weighted by Gasteiger charge is -2.05. The Labute approximate surface area is 154 Å². The molecule has 0 radical (unpaired) electrons. The van der Waals surface area contributed by atoms with Crippen LogP contribution in [0.5, 0.6) is 11.6 Å². The molecule has 0 fully saturated rings. The molecule has 0 spiro atoms. The number of benzene rings is 2. The van der Waals surface area contributed by atoms with Gasteiger partial charge in [0.15, 0.2) is 5.56 Å². The maximum Gasteiger partial charge on any atom is 0.347 e. The number of aromatic hydroxyl groups is 1. The smallest absolute Gasteiger partial charge is 0.347 e. The summed E-state index contributed by atoms with van der Waals surface area (Å²) >= 11 is 0. The van der Waals surface area contributed by atoms with Crippen molar-refractivity contribution in [3.63, 3.8) is 0 Å². The molecule has 140 valence electrons. The lowest BCUT2D eigenvalue weighted by Crippen LogP contribution is -2.09. The molecule has 3 N–H and O–H groups in total. The number of carbonyl (C=O) groups is 1. The Morgan fingerprint density at radius 3 is 2.81 bits per heavy atom. The van der Waals surface area contributed by atoms with Gasteiger partial charge in [-0.15, -0.1) is 15.3 Å². The minimum atomic E-state index is -0.685. The molecule has 0 aliphatic heterocycles. The van der Waals surface area contributed by atoms with Crippen LogP contribution in [0.4, 0.5) is 11.5 Å². The highest BCUT2D eigenvalue weighted by Crippen LogP contribution is 2.36. The standard InChI is InChI=1S/C18H18N4O5/c1-2-26-18(25)14-16(21-22-17(14)27-10-9-23)20-19-15-12-6-4-3-5-11(12)7-8-13(15)24/h3-8,23-24H,2,9-10H2,1H3,(H,21,22). The number of aromatic amines is 1. The van der Waals surface area contributed by atoms with Crippen molar-refractivity contribution in [3.8, 4) is 11.6 Å². The normalized spacial score (nSPS) is 11.2. The lowest BCUT2D eigenvalue weighted by molar-refractivity contribution is 0.0521. The molecule has 27 heavy (non-hydrogen) atoms. The van der Waals surface area contributed by atoms with Crippen LogP contribution in [0.15, 0.2) is 46.6 Å². The molecule has 0 unspecified atom stereocenters. The molecule has 0 bridgehead atoms. The van der Waals surface area contributed by atoms with E-state index >= 15 is 0 Å². The summed E-state index contributed by atoms with van der Waals surface area (Å²) < 4.78 is 10.3. The van der Waals surface area contributed by atoms with Gasteiger partial charge in [-0.05, 0) is 18.4 Å². The summed E-state index contributed by atoms with van der Waals surface area (Å²) in [6, 6.07) is 10.7. The molecule has 9 heteroatoms. The average Bonchev–Trinajstić information content (AvgIpc) is 3.08. The number of aliphatic hydroxyl groups is 1. The minimum absolute atomic E-state index is 0.0265. The monoisotopic (exact) mass is 370 g/mol. The number of nitrogens with one attached hydrogen (secondary N) is 1. The van der Waals surface area contributed by atoms with E-state index in [1.165, 1.54) is 6.07 Å². The van der Waals surface area contributed by atoms with E-state index in [-0.39, 0.29) is 48.5 Å². The number of H-pyrrole nitrogens is 1. The molecular weight excluding hydrogens is 352 g/mol. The predicted molar refractivity (Wildman–Crippen MR) is 96.9 cm³/mol. The Morgan fingerprint density at radius 1 is 1.22 bits per heavy atom. The van der Waals surface area contributed by atoms with Crippen LogP contribution in [-0.4, -0.2) is 46.2 Å². The van der Waals surface area contributed by atoms with E-state index in [1.807, 2.05) is 18.2 Å². The zero-order chi connectivity index (χ0) is 19.2. The van der Waals surface area contributed by atoms with Gasteiger partial charge in [-0.1, -0.05) is 30.3 Å². The zero-order valence-corrected chi connectivity index (χ0v) is 14.5. The van der Waals surface area contributed by atoms with E-state index in [0.717, 1.165) is 5.39 Å². The van der Waals surface area contributed by atoms with Crippen molar-refractivity contribution in [1.82, 2.24) is 10.2 Å². The number of rotatable bonds is 7. The van der Waals surface area contributed by atoms with E-state index < -0.39 is 5.97 Å². The number of ether oxygens (including phenoxy) is 2. The van der Waals surface area contributed by atoms with Gasteiger partial charge in [0, 0.05) is 5.39 Å². The molecule has 0 aliphatic carbocycles. The van der Waals surface area contributed by atoms with Gasteiger partial charge in [0.05, 0.1) is 13.2 Å². The fourth-order valence-corrected chi connectivity index (χ4v) is 2.47. The Morgan fingerprint density at radius 2 is 2.04 bits per heavy atom. The van der Waals surface area contributed by atoms with E-state index in [1.54, 1.807) is 19.1 Å². The first kappa shape index (κ1) is 18.3. The third kappa shape index (κ3) is 3.87. The Hall–Kier alpha value is -3.46. The van der Waals surface area contributed by atoms with E-state index in [2.05, 4.69) is 20.4 Å². The van der Waals surface area contributed by atoms with Crippen LogP contribution in [0.3, 0.4) is 0 Å². The van der Waals surface area contributed by atoms with Gasteiger partial charge in [-0.3, -0.25) is 0 Å². The highest BCUT2D eigenvalue weighted by Gasteiger charge is 2.23. The van der Waals surface area contributed by atoms with E-state index in [9.17, 15) is 9.90 Å². The number of phenols is 1. The summed E-state index contributed by atoms with van der Waals surface area (Å²) in [6.45, 7) is 1.56. The molecule has 2 aromatic carbocycles. The first-order valence-electron chi connectivity index (χ1n) is 8.27. The van der Waals surface area contributed by atoms with Crippen LogP contribution in [0.2, 0.25) is 0 Å². The third-order valence-electron chi connectivity index (χ3n) is 3.66. The van der Waals surface area contributed by atoms with Crippen LogP contribution in [0.25, 0.3) is 10.8 Å². The Bertz CT molecular complexity index is 983. The second-order valence-electron chi connectivity index (χ2n) is 5.40. The van der Waals surface area contributed by atoms with Crippen molar-refractivity contribution < 1.29 is 24.5 Å². The second kappa shape index (κ2) is 8.28. The molecule has 0 aliphatic rings. The van der Waals surface area contributed by atoms with Crippen molar-refractivity contribution in [3.05, 3.63) is 42.0 Å². The number of azo groups is 1. The van der Waals surface area contributed by atoms with Crippen LogP contribution >= 0.6 is 0 Å². The van der Waals surface area contributed by atoms with Crippen LogP contribution in [0, 0.1) is 0 Å². The number of phenolic OH excluding ortho intramolecular Hbond substituents is 1. The quantitative estimate of drug-likeness (QED) is 0.432. The van der Waals surface area contributed by atoms with Gasteiger partial charge in [0.1, 0.15) is 18.0 Å². The summed E-state index contributed by atoms with van der Waals surface area (Å²) in [5.74, 6) is -0.759. The van der Waals surface area contributed by atoms with Gasteiger partial charge in [-0.2, -0.15) is 0 Å². The van der Waals surface area contributed by atoms with Crippen molar-refractivity contribution in [2.24, 2.45) is 10.2 Å². The van der Waals surface area contributed by atoms with Crippen molar-refractivity contribution >= 4 is 28.2 Å². The molecule has 0 saturated heterocycles. The van der Waals surface area contributed by atoms with Gasteiger partial charge >= 0.3 is 5.97 Å². The molecule has 1 aromatic heterocycles. The average molecular weight is 370 g/mol. The highest BCUT2D eigenvalue weighted by molar-refractivity contribution is 5.97. The minimum Gasteiger partial charge on any atom is -0.506 e. The Balaban J connectivity index is 2.01. The van der Waals surface area contributed by atoms with Crippen molar-refractivity contribution in [1.29, 1.82) is 0 Å². The summed E-state index contributed by atoms with van der Waals surface area (Å²) in [4.78, 5) is 12.2. The SMILES string of the molecule is CCOC(=O)c1c(N=Nc2c(O)ccc3ccccc23)n[nH]c1OCCO. The van der Waals surface area contributed by atoms with E-state index in [4.69, 9.17) is 14.6 Å². The summed E-state index contributed by atoms with van der Waals surface area (Å²) in [6.07, 6.45) is 0. The molecule has 0 atom stereocenters. The zero-order valence-electron chi connectivity index (χ0n) is 14.5. The fraction of sp³-hybridized carbons (Fsp3) is 0.222. The molecule has 0 amide bonds. The van der Waals surface area contributed by atoms with Gasteiger partial charge in [-0.25, -0.2) is 9.89 Å². The lowest BCUT2D eigenvalue weighted by atomic mass is 10.1. The topological polar surface area (TPSA) is 129 Å². The number of hydrogen-bond donors (Lipinski definition) is 3. The molecular formula is C18H18N4O5. The van der Waals surface area contributed by atoms with Gasteiger partial charge in [0.25, 0.3) is 0 Å². The molecule has 1 heterocycles. The summed E-state index contributed by atoms with van der Waals surface area (Å²) in [5.41, 5.74) is 0.220. The Kier molecular flexibility index (Phi) is 5.62. The van der Waals surface area contributed by atoms with Crippen molar-refractivity contribution in [2.75, 3.05) is 19.8 Å².